The number of hydrogen-bond donors (Lipinski definition) is 2. The molecule has 0 fully saturated rings. The fourth-order valence-electron chi connectivity index (χ4n) is 2.58. The maximum absolute atomic E-state index is 12.4. The summed E-state index contributed by atoms with van der Waals surface area (Å²) in [5.41, 5.74) is 1.81. The van der Waals surface area contributed by atoms with Crippen molar-refractivity contribution in [2.45, 2.75) is 31.3 Å². The highest BCUT2D eigenvalue weighted by molar-refractivity contribution is 5.87. The minimum Gasteiger partial charge on any atom is -0.480 e. The molecule has 6 heteroatoms. The van der Waals surface area contributed by atoms with Gasteiger partial charge in [-0.25, -0.2) is 9.59 Å². The average Bonchev–Trinajstić information content (AvgIpc) is 2.66. The van der Waals surface area contributed by atoms with E-state index in [-0.39, 0.29) is 12.8 Å². The molecule has 0 saturated carbocycles. The van der Waals surface area contributed by atoms with Gasteiger partial charge in [-0.15, -0.1) is 0 Å². The van der Waals surface area contributed by atoms with E-state index in [9.17, 15) is 19.5 Å². The average molecular weight is 352 g/mol. The summed E-state index contributed by atoms with van der Waals surface area (Å²) in [4.78, 5) is 38.1. The molecule has 2 N–H and O–H groups in total. The number of rotatable bonds is 9. The van der Waals surface area contributed by atoms with Crippen molar-refractivity contribution in [3.63, 3.8) is 0 Å². The van der Waals surface area contributed by atoms with Crippen LogP contribution in [0.15, 0.2) is 65.7 Å². The van der Waals surface area contributed by atoms with Crippen molar-refractivity contribution in [3.8, 4) is 0 Å². The molecule has 0 radical (unpaired) electrons. The molecule has 0 aliphatic heterocycles. The number of carboxylic acids is 1. The Hall–Kier alpha value is -3.24. The lowest BCUT2D eigenvalue weighted by atomic mass is 10.0. The van der Waals surface area contributed by atoms with Crippen LogP contribution in [0.1, 0.15) is 17.5 Å². The molecule has 134 valence electrons. The van der Waals surface area contributed by atoms with Crippen LogP contribution in [0.25, 0.3) is 0 Å². The molecule has 1 amide bonds. The Morgan fingerprint density at radius 1 is 1.00 bits per heavy atom. The van der Waals surface area contributed by atoms with Gasteiger partial charge in [0.15, 0.2) is 0 Å². The predicted molar refractivity (Wildman–Crippen MR) is 96.4 cm³/mol. The van der Waals surface area contributed by atoms with Crippen molar-refractivity contribution in [2.75, 3.05) is 0 Å². The third-order valence-corrected chi connectivity index (χ3v) is 3.96. The van der Waals surface area contributed by atoms with Crippen molar-refractivity contribution < 1.29 is 19.5 Å². The Labute approximate surface area is 151 Å². The van der Waals surface area contributed by atoms with Gasteiger partial charge in [0.1, 0.15) is 12.1 Å². The van der Waals surface area contributed by atoms with E-state index in [1.54, 1.807) is 0 Å². The van der Waals surface area contributed by atoms with Crippen LogP contribution >= 0.6 is 0 Å². The van der Waals surface area contributed by atoms with Crippen LogP contribution in [-0.4, -0.2) is 35.1 Å². The minimum atomic E-state index is -1.12. The minimum absolute atomic E-state index is 0.201. The van der Waals surface area contributed by atoms with Gasteiger partial charge in [-0.3, -0.25) is 4.79 Å². The Morgan fingerprint density at radius 2 is 1.58 bits per heavy atom. The standard InChI is InChI=1S/C20H20N2O4/c23-14-21-18(13-16-9-5-2-6-10-16)19(24)22-17(20(25)26)12-11-15-7-3-1-4-8-15/h1-10,17-18H,11-13H2,(H,22,24)(H,25,26)/t17-,18-/m0/s1. The van der Waals surface area contributed by atoms with Gasteiger partial charge in [-0.2, -0.15) is 4.99 Å². The van der Waals surface area contributed by atoms with Crippen LogP contribution in [0.4, 0.5) is 0 Å². The highest BCUT2D eigenvalue weighted by atomic mass is 16.4. The van der Waals surface area contributed by atoms with Crippen LogP contribution < -0.4 is 5.32 Å². The largest absolute Gasteiger partial charge is 0.480 e. The number of isocyanates is 1. The number of aliphatic imine (C=N–C) groups is 1. The lowest BCUT2D eigenvalue weighted by Crippen LogP contribution is -2.45. The Balaban J connectivity index is 2.01. The van der Waals surface area contributed by atoms with Gasteiger partial charge in [-0.1, -0.05) is 60.7 Å². The zero-order chi connectivity index (χ0) is 18.8. The normalized spacial score (nSPS) is 12.5. The van der Waals surface area contributed by atoms with E-state index in [0.717, 1.165) is 11.1 Å². The Bertz CT molecular complexity index is 771. The van der Waals surface area contributed by atoms with Crippen LogP contribution in [0, 0.1) is 0 Å². The Morgan fingerprint density at radius 3 is 2.12 bits per heavy atom. The van der Waals surface area contributed by atoms with Crippen molar-refractivity contribution in [3.05, 3.63) is 71.8 Å². The SMILES string of the molecule is O=C=N[C@@H](Cc1ccccc1)C(=O)N[C@@H](CCc1ccccc1)C(=O)O. The highest BCUT2D eigenvalue weighted by Gasteiger charge is 2.25. The van der Waals surface area contributed by atoms with E-state index >= 15 is 0 Å². The second-order valence-electron chi connectivity index (χ2n) is 5.85. The fraction of sp³-hybridized carbons (Fsp3) is 0.250. The number of aliphatic carboxylic acids is 1. The topological polar surface area (TPSA) is 95.8 Å². The molecule has 0 aliphatic rings. The van der Waals surface area contributed by atoms with Gasteiger partial charge in [0.05, 0.1) is 0 Å². The van der Waals surface area contributed by atoms with Crippen molar-refractivity contribution >= 4 is 18.0 Å². The third-order valence-electron chi connectivity index (χ3n) is 3.96. The molecule has 2 rings (SSSR count). The van der Waals surface area contributed by atoms with Crippen molar-refractivity contribution in [2.24, 2.45) is 4.99 Å². The molecule has 0 aliphatic carbocycles. The van der Waals surface area contributed by atoms with E-state index in [4.69, 9.17) is 0 Å². The van der Waals surface area contributed by atoms with Gasteiger partial charge in [0.25, 0.3) is 0 Å². The molecule has 2 aromatic rings. The van der Waals surface area contributed by atoms with Gasteiger partial charge in [0.2, 0.25) is 12.0 Å². The van der Waals surface area contributed by atoms with E-state index in [2.05, 4.69) is 10.3 Å². The maximum Gasteiger partial charge on any atom is 0.326 e. The zero-order valence-corrected chi connectivity index (χ0v) is 14.2. The van der Waals surface area contributed by atoms with Crippen LogP contribution in [-0.2, 0) is 27.2 Å². The zero-order valence-electron chi connectivity index (χ0n) is 14.2. The number of hydrogen-bond acceptors (Lipinski definition) is 4. The summed E-state index contributed by atoms with van der Waals surface area (Å²) in [5.74, 6) is -1.72. The van der Waals surface area contributed by atoms with E-state index in [0.29, 0.717) is 6.42 Å². The fourth-order valence-corrected chi connectivity index (χ4v) is 2.58. The quantitative estimate of drug-likeness (QED) is 0.534. The van der Waals surface area contributed by atoms with Crippen LogP contribution in [0.2, 0.25) is 0 Å². The first-order chi connectivity index (χ1) is 12.6. The van der Waals surface area contributed by atoms with Crippen molar-refractivity contribution in [1.29, 1.82) is 0 Å². The number of nitrogens with zero attached hydrogens (tertiary/aromatic N) is 1. The highest BCUT2D eigenvalue weighted by Crippen LogP contribution is 2.09. The summed E-state index contributed by atoms with van der Waals surface area (Å²) in [7, 11) is 0. The van der Waals surface area contributed by atoms with E-state index < -0.39 is 24.0 Å². The number of amides is 1. The molecule has 0 bridgehead atoms. The summed E-state index contributed by atoms with van der Waals surface area (Å²) >= 11 is 0. The number of benzene rings is 2. The monoisotopic (exact) mass is 352 g/mol. The molecule has 0 saturated heterocycles. The van der Waals surface area contributed by atoms with Gasteiger partial charge in [-0.05, 0) is 24.0 Å². The molecule has 2 atom stereocenters. The lowest BCUT2D eigenvalue weighted by Gasteiger charge is -2.17. The summed E-state index contributed by atoms with van der Waals surface area (Å²) in [5, 5.41) is 11.9. The van der Waals surface area contributed by atoms with E-state index in [1.165, 1.54) is 6.08 Å². The number of carbonyl (C=O) groups excluding carboxylic acids is 2. The number of carboxylic acid groups (broad SMARTS) is 1. The molecule has 6 nitrogen and oxygen atoms in total. The predicted octanol–water partition coefficient (Wildman–Crippen LogP) is 2.14. The number of aryl methyl sites for hydroxylation is 1. The Kier molecular flexibility index (Phi) is 7.28. The summed E-state index contributed by atoms with van der Waals surface area (Å²) in [6, 6.07) is 16.5. The molecule has 0 spiro atoms. The lowest BCUT2D eigenvalue weighted by molar-refractivity contribution is -0.142. The molecule has 0 aromatic heterocycles. The second-order valence-corrected chi connectivity index (χ2v) is 5.85. The molecule has 0 heterocycles. The van der Waals surface area contributed by atoms with Gasteiger partial charge < -0.3 is 10.4 Å². The summed E-state index contributed by atoms with van der Waals surface area (Å²) in [6.45, 7) is 0. The van der Waals surface area contributed by atoms with Gasteiger partial charge in [0, 0.05) is 6.42 Å². The van der Waals surface area contributed by atoms with Crippen molar-refractivity contribution in [1.82, 2.24) is 5.32 Å². The molecular weight excluding hydrogens is 332 g/mol. The maximum atomic E-state index is 12.4. The summed E-state index contributed by atoms with van der Waals surface area (Å²) < 4.78 is 0. The first-order valence-corrected chi connectivity index (χ1v) is 8.28. The summed E-state index contributed by atoms with van der Waals surface area (Å²) in [6.07, 6.45) is 2.35. The number of nitrogens with one attached hydrogen (secondary N) is 1. The first-order valence-electron chi connectivity index (χ1n) is 8.28. The van der Waals surface area contributed by atoms with Crippen LogP contribution in [0.3, 0.4) is 0 Å². The second kappa shape index (κ2) is 9.91. The molecule has 2 aromatic carbocycles. The third kappa shape index (κ3) is 6.00. The van der Waals surface area contributed by atoms with E-state index in [1.807, 2.05) is 60.7 Å². The molecule has 0 unspecified atom stereocenters. The smallest absolute Gasteiger partial charge is 0.326 e. The van der Waals surface area contributed by atoms with Gasteiger partial charge >= 0.3 is 5.97 Å². The molecule has 26 heavy (non-hydrogen) atoms. The van der Waals surface area contributed by atoms with Crippen LogP contribution in [0.5, 0.6) is 0 Å². The molecular formula is C20H20N2O4. The number of carbonyl (C=O) groups is 2. The first kappa shape index (κ1) is 19.1.